The number of carbonyl (C=O) groups excluding carboxylic acids is 3. The normalized spacial score (nSPS) is 13.7. The Balaban J connectivity index is 1.62. The zero-order valence-electron chi connectivity index (χ0n) is 16.4. The van der Waals surface area contributed by atoms with Gasteiger partial charge in [0.1, 0.15) is 5.69 Å². The molecule has 1 aromatic heterocycles. The second-order valence-electron chi connectivity index (χ2n) is 6.50. The van der Waals surface area contributed by atoms with E-state index < -0.39 is 0 Å². The molecular formula is C20H23N5O4. The number of hydrogen-bond acceptors (Lipinski definition) is 7. The Morgan fingerprint density at radius 3 is 2.31 bits per heavy atom. The van der Waals surface area contributed by atoms with E-state index in [1.54, 1.807) is 47.1 Å². The molecule has 29 heavy (non-hydrogen) atoms. The van der Waals surface area contributed by atoms with Crippen LogP contribution in [-0.4, -0.2) is 70.3 Å². The molecule has 0 atom stereocenters. The number of ketones is 1. The van der Waals surface area contributed by atoms with Crippen LogP contribution in [-0.2, 0) is 4.74 Å². The molecule has 0 bridgehead atoms. The van der Waals surface area contributed by atoms with Gasteiger partial charge in [-0.25, -0.2) is 14.8 Å². The summed E-state index contributed by atoms with van der Waals surface area (Å²) in [5, 5.41) is 3.03. The van der Waals surface area contributed by atoms with Crippen molar-refractivity contribution >= 4 is 29.4 Å². The molecule has 0 unspecified atom stereocenters. The minimum atomic E-state index is -0.357. The van der Waals surface area contributed by atoms with Gasteiger partial charge in [0, 0.05) is 43.6 Å². The molecule has 1 aromatic carbocycles. The maximum Gasteiger partial charge on any atom is 0.409 e. The van der Waals surface area contributed by atoms with Gasteiger partial charge in [0.2, 0.25) is 5.95 Å². The molecule has 0 aliphatic carbocycles. The van der Waals surface area contributed by atoms with Crippen LogP contribution in [0, 0.1) is 0 Å². The molecule has 1 fully saturated rings. The first-order valence-electron chi connectivity index (χ1n) is 9.40. The first-order chi connectivity index (χ1) is 14.0. The highest BCUT2D eigenvalue weighted by Gasteiger charge is 2.26. The minimum absolute atomic E-state index is 0.0107. The molecule has 9 heteroatoms. The van der Waals surface area contributed by atoms with E-state index in [0.717, 1.165) is 0 Å². The van der Waals surface area contributed by atoms with Gasteiger partial charge in [0.05, 0.1) is 6.61 Å². The van der Waals surface area contributed by atoms with Gasteiger partial charge >= 0.3 is 6.09 Å². The molecule has 1 saturated heterocycles. The summed E-state index contributed by atoms with van der Waals surface area (Å²) in [6.45, 7) is 5.26. The largest absolute Gasteiger partial charge is 0.450 e. The van der Waals surface area contributed by atoms with Crippen LogP contribution in [0.5, 0.6) is 0 Å². The number of aromatic nitrogens is 2. The number of anilines is 2. The van der Waals surface area contributed by atoms with Gasteiger partial charge in [-0.1, -0.05) is 0 Å². The number of amides is 2. The van der Waals surface area contributed by atoms with Crippen LogP contribution in [0.3, 0.4) is 0 Å². The van der Waals surface area contributed by atoms with E-state index in [-0.39, 0.29) is 29.4 Å². The van der Waals surface area contributed by atoms with Crippen LogP contribution >= 0.6 is 0 Å². The highest BCUT2D eigenvalue weighted by atomic mass is 16.6. The van der Waals surface area contributed by atoms with E-state index in [1.165, 1.54) is 13.1 Å². The zero-order chi connectivity index (χ0) is 20.8. The molecule has 2 amide bonds. The van der Waals surface area contributed by atoms with Crippen molar-refractivity contribution < 1.29 is 19.1 Å². The number of ether oxygens (including phenoxy) is 1. The molecular weight excluding hydrogens is 374 g/mol. The number of nitrogens with zero attached hydrogens (tertiary/aromatic N) is 4. The lowest BCUT2D eigenvalue weighted by atomic mass is 10.1. The van der Waals surface area contributed by atoms with Crippen molar-refractivity contribution in [2.24, 2.45) is 0 Å². The standard InChI is InChI=1S/C20H23N5O4/c1-3-29-20(28)25-12-10-24(11-13-25)18(27)17-8-9-21-19(23-17)22-16-6-4-15(5-7-16)14(2)26/h4-9H,3,10-13H2,1-2H3,(H,21,22,23). The Hall–Kier alpha value is -3.49. The topological polar surface area (TPSA) is 105 Å². The number of rotatable bonds is 5. The summed E-state index contributed by atoms with van der Waals surface area (Å²) in [6.07, 6.45) is 1.16. The molecule has 0 spiro atoms. The van der Waals surface area contributed by atoms with Crippen molar-refractivity contribution in [2.75, 3.05) is 38.1 Å². The monoisotopic (exact) mass is 397 g/mol. The summed E-state index contributed by atoms with van der Waals surface area (Å²) >= 11 is 0. The molecule has 3 rings (SSSR count). The smallest absolute Gasteiger partial charge is 0.409 e. The SMILES string of the molecule is CCOC(=O)N1CCN(C(=O)c2ccnc(Nc3ccc(C(C)=O)cc3)n2)CC1. The van der Waals surface area contributed by atoms with Crippen molar-refractivity contribution in [1.29, 1.82) is 0 Å². The second kappa shape index (κ2) is 9.13. The van der Waals surface area contributed by atoms with E-state index >= 15 is 0 Å². The lowest BCUT2D eigenvalue weighted by Gasteiger charge is -2.33. The van der Waals surface area contributed by atoms with Crippen LogP contribution in [0.4, 0.5) is 16.4 Å². The molecule has 2 aromatic rings. The van der Waals surface area contributed by atoms with Crippen LogP contribution in [0.2, 0.25) is 0 Å². The average Bonchev–Trinajstić information content (AvgIpc) is 2.74. The van der Waals surface area contributed by atoms with Gasteiger partial charge in [0.15, 0.2) is 5.78 Å². The number of hydrogen-bond donors (Lipinski definition) is 1. The van der Waals surface area contributed by atoms with Crippen molar-refractivity contribution in [3.63, 3.8) is 0 Å². The first-order valence-corrected chi connectivity index (χ1v) is 9.40. The molecule has 152 valence electrons. The van der Waals surface area contributed by atoms with Crippen LogP contribution in [0.15, 0.2) is 36.5 Å². The molecule has 1 aliphatic heterocycles. The van der Waals surface area contributed by atoms with Crippen molar-refractivity contribution in [1.82, 2.24) is 19.8 Å². The van der Waals surface area contributed by atoms with Crippen LogP contribution in [0.25, 0.3) is 0 Å². The van der Waals surface area contributed by atoms with Crippen molar-refractivity contribution in [2.45, 2.75) is 13.8 Å². The van der Waals surface area contributed by atoms with Gasteiger partial charge in [-0.05, 0) is 44.2 Å². The van der Waals surface area contributed by atoms with Gasteiger partial charge in [-0.2, -0.15) is 0 Å². The number of benzene rings is 1. The lowest BCUT2D eigenvalue weighted by Crippen LogP contribution is -2.50. The quantitative estimate of drug-likeness (QED) is 0.772. The first kappa shape index (κ1) is 20.2. The second-order valence-corrected chi connectivity index (χ2v) is 6.50. The number of piperazine rings is 1. The van der Waals surface area contributed by atoms with Crippen LogP contribution in [0.1, 0.15) is 34.7 Å². The predicted octanol–water partition coefficient (Wildman–Crippen LogP) is 2.34. The minimum Gasteiger partial charge on any atom is -0.450 e. The fourth-order valence-electron chi connectivity index (χ4n) is 2.92. The number of nitrogens with one attached hydrogen (secondary N) is 1. The zero-order valence-corrected chi connectivity index (χ0v) is 16.4. The Kier molecular flexibility index (Phi) is 6.38. The fraction of sp³-hybridized carbons (Fsp3) is 0.350. The third-order valence-corrected chi connectivity index (χ3v) is 4.52. The Morgan fingerprint density at radius 1 is 1.03 bits per heavy atom. The maximum atomic E-state index is 12.8. The molecule has 0 radical (unpaired) electrons. The van der Waals surface area contributed by atoms with E-state index in [1.807, 2.05) is 0 Å². The number of carbonyl (C=O) groups is 3. The molecule has 2 heterocycles. The van der Waals surface area contributed by atoms with E-state index in [2.05, 4.69) is 15.3 Å². The van der Waals surface area contributed by atoms with E-state index in [4.69, 9.17) is 4.74 Å². The summed E-state index contributed by atoms with van der Waals surface area (Å²) in [5.41, 5.74) is 1.59. The summed E-state index contributed by atoms with van der Waals surface area (Å²) in [7, 11) is 0. The highest BCUT2D eigenvalue weighted by Crippen LogP contribution is 2.15. The molecule has 0 saturated carbocycles. The van der Waals surface area contributed by atoms with Crippen molar-refractivity contribution in [3.8, 4) is 0 Å². The number of Topliss-reactive ketones (excluding diaryl/α,β-unsaturated/α-hetero) is 1. The van der Waals surface area contributed by atoms with Gasteiger partial charge in [-0.15, -0.1) is 0 Å². The molecule has 1 aliphatic rings. The highest BCUT2D eigenvalue weighted by molar-refractivity contribution is 5.94. The van der Waals surface area contributed by atoms with Gasteiger partial charge in [-0.3, -0.25) is 9.59 Å². The Bertz CT molecular complexity index is 892. The Labute approximate surface area is 168 Å². The van der Waals surface area contributed by atoms with Crippen LogP contribution < -0.4 is 5.32 Å². The third-order valence-electron chi connectivity index (χ3n) is 4.52. The van der Waals surface area contributed by atoms with Crippen molar-refractivity contribution in [3.05, 3.63) is 47.8 Å². The van der Waals surface area contributed by atoms with E-state index in [9.17, 15) is 14.4 Å². The summed E-state index contributed by atoms with van der Waals surface area (Å²) in [4.78, 5) is 47.6. The van der Waals surface area contributed by atoms with E-state index in [0.29, 0.717) is 44.0 Å². The maximum absolute atomic E-state index is 12.8. The van der Waals surface area contributed by atoms with Gasteiger partial charge < -0.3 is 19.9 Å². The third kappa shape index (κ3) is 5.07. The summed E-state index contributed by atoms with van der Waals surface area (Å²) < 4.78 is 4.99. The van der Waals surface area contributed by atoms with Gasteiger partial charge in [0.25, 0.3) is 5.91 Å². The summed E-state index contributed by atoms with van der Waals surface area (Å²) in [5.74, 6) is 0.0610. The fourth-order valence-corrected chi connectivity index (χ4v) is 2.92. The Morgan fingerprint density at radius 2 is 1.69 bits per heavy atom. The molecule has 9 nitrogen and oxygen atoms in total. The molecule has 1 N–H and O–H groups in total. The predicted molar refractivity (Wildman–Crippen MR) is 106 cm³/mol. The lowest BCUT2D eigenvalue weighted by molar-refractivity contribution is 0.0566. The average molecular weight is 397 g/mol. The summed E-state index contributed by atoms with van der Waals surface area (Å²) in [6, 6.07) is 8.49.